The largest absolute Gasteiger partial charge is 0.493 e. The van der Waals surface area contributed by atoms with Crippen LogP contribution in [0.2, 0.25) is 0 Å². The van der Waals surface area contributed by atoms with Gasteiger partial charge in [0.25, 0.3) is 0 Å². The van der Waals surface area contributed by atoms with Gasteiger partial charge in [-0.25, -0.2) is 0 Å². The van der Waals surface area contributed by atoms with E-state index < -0.39 is 0 Å². The molecule has 3 nitrogen and oxygen atoms in total. The number of methoxy groups -OCH3 is 2. The molecular formula is C14H18BrNO2. The summed E-state index contributed by atoms with van der Waals surface area (Å²) in [5.74, 6) is 7.35. The minimum Gasteiger partial charge on any atom is -0.493 e. The second kappa shape index (κ2) is 8.02. The first-order chi connectivity index (χ1) is 8.72. The van der Waals surface area contributed by atoms with Crippen molar-refractivity contribution in [2.75, 3.05) is 20.8 Å². The molecule has 0 aliphatic heterocycles. The fraction of sp³-hybridized carbons (Fsp3) is 0.429. The predicted octanol–water partition coefficient (Wildman–Crippen LogP) is 2.97. The SMILES string of the molecule is CC#CCCNCc1cc(Br)c(OC)c(OC)c1. The Morgan fingerprint density at radius 3 is 2.67 bits per heavy atom. The minimum atomic E-state index is 0.720. The van der Waals surface area contributed by atoms with Gasteiger partial charge in [-0.2, -0.15) is 0 Å². The summed E-state index contributed by atoms with van der Waals surface area (Å²) >= 11 is 3.48. The summed E-state index contributed by atoms with van der Waals surface area (Å²) in [6.45, 7) is 3.52. The Kier molecular flexibility index (Phi) is 6.63. The van der Waals surface area contributed by atoms with Crippen LogP contribution in [0.4, 0.5) is 0 Å². The number of halogens is 1. The van der Waals surface area contributed by atoms with Gasteiger partial charge in [0.15, 0.2) is 11.5 Å². The number of hydrogen-bond donors (Lipinski definition) is 1. The third-order valence-corrected chi connectivity index (χ3v) is 3.02. The van der Waals surface area contributed by atoms with E-state index in [4.69, 9.17) is 9.47 Å². The van der Waals surface area contributed by atoms with Gasteiger partial charge in [0, 0.05) is 19.5 Å². The lowest BCUT2D eigenvalue weighted by Crippen LogP contribution is -2.14. The van der Waals surface area contributed by atoms with Crippen LogP contribution >= 0.6 is 15.9 Å². The molecule has 0 aliphatic rings. The van der Waals surface area contributed by atoms with Crippen LogP contribution in [0.5, 0.6) is 11.5 Å². The molecule has 0 heterocycles. The Morgan fingerprint density at radius 2 is 2.06 bits per heavy atom. The topological polar surface area (TPSA) is 30.5 Å². The van der Waals surface area contributed by atoms with E-state index in [1.165, 1.54) is 0 Å². The van der Waals surface area contributed by atoms with Gasteiger partial charge in [-0.15, -0.1) is 11.8 Å². The molecule has 1 aromatic carbocycles. The van der Waals surface area contributed by atoms with Crippen molar-refractivity contribution in [3.63, 3.8) is 0 Å². The highest BCUT2D eigenvalue weighted by Crippen LogP contribution is 2.36. The lowest BCUT2D eigenvalue weighted by molar-refractivity contribution is 0.352. The van der Waals surface area contributed by atoms with E-state index in [0.717, 1.165) is 41.0 Å². The standard InChI is InChI=1S/C14H18BrNO2/c1-4-5-6-7-16-10-11-8-12(15)14(18-3)13(9-11)17-2/h8-9,16H,6-7,10H2,1-3H3. The van der Waals surface area contributed by atoms with Crippen molar-refractivity contribution in [3.8, 4) is 23.3 Å². The summed E-state index contributed by atoms with van der Waals surface area (Å²) in [7, 11) is 3.27. The molecular weight excluding hydrogens is 294 g/mol. The first-order valence-electron chi connectivity index (χ1n) is 5.73. The summed E-state index contributed by atoms with van der Waals surface area (Å²) in [6.07, 6.45) is 0.866. The predicted molar refractivity (Wildman–Crippen MR) is 77.0 cm³/mol. The maximum atomic E-state index is 5.30. The molecule has 0 saturated carbocycles. The van der Waals surface area contributed by atoms with Crippen molar-refractivity contribution in [1.82, 2.24) is 5.32 Å². The first kappa shape index (κ1) is 14.9. The third-order valence-electron chi connectivity index (χ3n) is 2.43. The lowest BCUT2D eigenvalue weighted by Gasteiger charge is -2.12. The van der Waals surface area contributed by atoms with E-state index in [1.54, 1.807) is 14.2 Å². The Balaban J connectivity index is 2.66. The van der Waals surface area contributed by atoms with Gasteiger partial charge in [-0.1, -0.05) is 0 Å². The zero-order chi connectivity index (χ0) is 13.4. The third kappa shape index (κ3) is 4.25. The molecule has 0 spiro atoms. The number of rotatable bonds is 6. The summed E-state index contributed by atoms with van der Waals surface area (Å²) in [4.78, 5) is 0. The normalized spacial score (nSPS) is 9.56. The summed E-state index contributed by atoms with van der Waals surface area (Å²) in [6, 6.07) is 4.00. The average molecular weight is 312 g/mol. The van der Waals surface area contributed by atoms with Crippen LogP contribution in [0.3, 0.4) is 0 Å². The summed E-state index contributed by atoms with van der Waals surface area (Å²) < 4.78 is 11.5. The maximum absolute atomic E-state index is 5.30. The minimum absolute atomic E-state index is 0.720. The molecule has 18 heavy (non-hydrogen) atoms. The highest BCUT2D eigenvalue weighted by molar-refractivity contribution is 9.10. The van der Waals surface area contributed by atoms with Crippen LogP contribution in [0, 0.1) is 11.8 Å². The first-order valence-corrected chi connectivity index (χ1v) is 6.53. The van der Waals surface area contributed by atoms with Crippen molar-refractivity contribution in [1.29, 1.82) is 0 Å². The zero-order valence-electron chi connectivity index (χ0n) is 11.0. The Hall–Kier alpha value is -1.18. The Morgan fingerprint density at radius 1 is 1.28 bits per heavy atom. The maximum Gasteiger partial charge on any atom is 0.174 e. The van der Waals surface area contributed by atoms with Crippen molar-refractivity contribution in [3.05, 3.63) is 22.2 Å². The van der Waals surface area contributed by atoms with Gasteiger partial charge >= 0.3 is 0 Å². The van der Waals surface area contributed by atoms with E-state index in [2.05, 4.69) is 33.1 Å². The average Bonchev–Trinajstić information content (AvgIpc) is 2.37. The second-order valence-electron chi connectivity index (χ2n) is 3.67. The van der Waals surface area contributed by atoms with Crippen molar-refractivity contribution in [2.45, 2.75) is 19.9 Å². The molecule has 0 radical (unpaired) electrons. The second-order valence-corrected chi connectivity index (χ2v) is 4.52. The summed E-state index contributed by atoms with van der Waals surface area (Å²) in [5.41, 5.74) is 1.14. The lowest BCUT2D eigenvalue weighted by atomic mass is 10.2. The van der Waals surface area contributed by atoms with Gasteiger partial charge in [-0.3, -0.25) is 0 Å². The molecule has 1 rings (SSSR count). The van der Waals surface area contributed by atoms with Crippen molar-refractivity contribution in [2.24, 2.45) is 0 Å². The van der Waals surface area contributed by atoms with Crippen LogP contribution in [0.15, 0.2) is 16.6 Å². The molecule has 1 aromatic rings. The van der Waals surface area contributed by atoms with Crippen molar-refractivity contribution >= 4 is 15.9 Å². The molecule has 0 saturated heterocycles. The van der Waals surface area contributed by atoms with Crippen LogP contribution in [-0.2, 0) is 6.54 Å². The highest BCUT2D eigenvalue weighted by atomic mass is 79.9. The molecule has 0 amide bonds. The molecule has 98 valence electrons. The van der Waals surface area contributed by atoms with E-state index in [-0.39, 0.29) is 0 Å². The van der Waals surface area contributed by atoms with Crippen LogP contribution < -0.4 is 14.8 Å². The highest BCUT2D eigenvalue weighted by Gasteiger charge is 2.09. The van der Waals surface area contributed by atoms with E-state index >= 15 is 0 Å². The molecule has 4 heteroatoms. The Bertz CT molecular complexity index is 449. The smallest absolute Gasteiger partial charge is 0.174 e. The van der Waals surface area contributed by atoms with Gasteiger partial charge in [0.1, 0.15) is 0 Å². The molecule has 0 aliphatic carbocycles. The molecule has 0 bridgehead atoms. The molecule has 0 fully saturated rings. The quantitative estimate of drug-likeness (QED) is 0.647. The summed E-state index contributed by atoms with van der Waals surface area (Å²) in [5, 5.41) is 3.33. The zero-order valence-corrected chi connectivity index (χ0v) is 12.6. The van der Waals surface area contributed by atoms with E-state index in [1.807, 2.05) is 19.1 Å². The fourth-order valence-corrected chi connectivity index (χ4v) is 2.23. The number of nitrogens with one attached hydrogen (secondary N) is 1. The van der Waals surface area contributed by atoms with Crippen LogP contribution in [0.1, 0.15) is 18.9 Å². The van der Waals surface area contributed by atoms with Crippen molar-refractivity contribution < 1.29 is 9.47 Å². The monoisotopic (exact) mass is 311 g/mol. The van der Waals surface area contributed by atoms with Crippen LogP contribution in [0.25, 0.3) is 0 Å². The van der Waals surface area contributed by atoms with E-state index in [9.17, 15) is 0 Å². The number of benzene rings is 1. The Labute approximate surface area is 117 Å². The number of ether oxygens (including phenoxy) is 2. The van der Waals surface area contributed by atoms with E-state index in [0.29, 0.717) is 0 Å². The molecule has 0 aromatic heterocycles. The number of hydrogen-bond acceptors (Lipinski definition) is 3. The molecule has 1 N–H and O–H groups in total. The van der Waals surface area contributed by atoms with Crippen LogP contribution in [-0.4, -0.2) is 20.8 Å². The van der Waals surface area contributed by atoms with Gasteiger partial charge in [0.05, 0.1) is 18.7 Å². The fourth-order valence-electron chi connectivity index (χ4n) is 1.58. The molecule has 0 atom stereocenters. The van der Waals surface area contributed by atoms with Gasteiger partial charge in [-0.05, 0) is 40.5 Å². The van der Waals surface area contributed by atoms with Gasteiger partial charge < -0.3 is 14.8 Å². The van der Waals surface area contributed by atoms with Gasteiger partial charge in [0.2, 0.25) is 0 Å². The molecule has 0 unspecified atom stereocenters.